The summed E-state index contributed by atoms with van der Waals surface area (Å²) in [5.41, 5.74) is 5.41. The van der Waals surface area contributed by atoms with E-state index in [0.29, 0.717) is 13.2 Å². The van der Waals surface area contributed by atoms with Crippen LogP contribution in [0.25, 0.3) is 0 Å². The molecule has 1 rings (SSSR count). The molecule has 0 amide bonds. The number of amidine groups is 1. The molecule has 0 radical (unpaired) electrons. The van der Waals surface area contributed by atoms with Crippen molar-refractivity contribution in [1.29, 1.82) is 0 Å². The first-order valence-electron chi connectivity index (χ1n) is 6.91. The molecule has 1 aliphatic heterocycles. The van der Waals surface area contributed by atoms with E-state index in [4.69, 9.17) is 15.7 Å². The average molecular weight is 307 g/mol. The molecular formula is C12H25N3O4S. The van der Waals surface area contributed by atoms with Crippen LogP contribution in [-0.4, -0.2) is 55.3 Å². The van der Waals surface area contributed by atoms with Crippen molar-refractivity contribution in [2.75, 3.05) is 25.4 Å². The third kappa shape index (κ3) is 5.64. The second-order valence-corrected chi connectivity index (χ2v) is 7.52. The number of hydrogen-bond donors (Lipinski definition) is 2. The van der Waals surface area contributed by atoms with Crippen molar-refractivity contribution in [3.05, 3.63) is 0 Å². The number of sulfonamides is 1. The van der Waals surface area contributed by atoms with Gasteiger partial charge in [-0.25, -0.2) is 12.7 Å². The molecule has 118 valence electrons. The van der Waals surface area contributed by atoms with Crippen LogP contribution in [0.2, 0.25) is 0 Å². The third-order valence-corrected chi connectivity index (χ3v) is 5.04. The highest BCUT2D eigenvalue weighted by atomic mass is 32.2. The molecular weight excluding hydrogens is 282 g/mol. The van der Waals surface area contributed by atoms with Gasteiger partial charge in [-0.2, -0.15) is 0 Å². The van der Waals surface area contributed by atoms with E-state index in [-0.39, 0.29) is 36.6 Å². The Balaban J connectivity index is 2.68. The minimum atomic E-state index is -3.39. The minimum absolute atomic E-state index is 0.00981. The molecule has 8 heteroatoms. The van der Waals surface area contributed by atoms with Gasteiger partial charge in [0.15, 0.2) is 0 Å². The van der Waals surface area contributed by atoms with Crippen molar-refractivity contribution >= 4 is 15.9 Å². The second-order valence-electron chi connectivity index (χ2n) is 5.51. The highest BCUT2D eigenvalue weighted by molar-refractivity contribution is 7.89. The Bertz CT molecular complexity index is 416. The molecule has 1 heterocycles. The fraction of sp³-hybridized carbons (Fsp3) is 0.917. The van der Waals surface area contributed by atoms with E-state index in [1.54, 1.807) is 0 Å². The maximum absolute atomic E-state index is 12.4. The molecule has 20 heavy (non-hydrogen) atoms. The third-order valence-electron chi connectivity index (χ3n) is 3.13. The van der Waals surface area contributed by atoms with Crippen LogP contribution in [0.1, 0.15) is 33.1 Å². The molecule has 3 N–H and O–H groups in total. The first kappa shape index (κ1) is 17.2. The van der Waals surface area contributed by atoms with Crippen LogP contribution in [0.15, 0.2) is 5.16 Å². The summed E-state index contributed by atoms with van der Waals surface area (Å²) < 4.78 is 31.7. The standard InChI is InChI=1S/C12H25N3O4S/c1-10(2)8-15(6-5-12(13)14-16)20(17,18)9-11-4-3-7-19-11/h10-11,16H,3-9H2,1-2H3,(H2,13,14). The van der Waals surface area contributed by atoms with Crippen LogP contribution in [0.5, 0.6) is 0 Å². The van der Waals surface area contributed by atoms with Crippen molar-refractivity contribution in [3.63, 3.8) is 0 Å². The lowest BCUT2D eigenvalue weighted by molar-refractivity contribution is 0.126. The topological polar surface area (TPSA) is 105 Å². The summed E-state index contributed by atoms with van der Waals surface area (Å²) in [5.74, 6) is 0.253. The Kier molecular flexibility index (Phi) is 6.70. The Morgan fingerprint density at radius 2 is 2.25 bits per heavy atom. The highest BCUT2D eigenvalue weighted by Crippen LogP contribution is 2.17. The zero-order valence-electron chi connectivity index (χ0n) is 12.2. The number of ether oxygens (including phenoxy) is 1. The predicted octanol–water partition coefficient (Wildman–Crippen LogP) is 0.590. The molecule has 0 saturated carbocycles. The van der Waals surface area contributed by atoms with E-state index >= 15 is 0 Å². The Labute approximate surface area is 120 Å². The number of hydrogen-bond acceptors (Lipinski definition) is 5. The van der Waals surface area contributed by atoms with Crippen LogP contribution in [0, 0.1) is 5.92 Å². The van der Waals surface area contributed by atoms with Crippen molar-refractivity contribution in [2.24, 2.45) is 16.8 Å². The normalized spacial score (nSPS) is 21.0. The van der Waals surface area contributed by atoms with Gasteiger partial charge in [0.2, 0.25) is 10.0 Å². The van der Waals surface area contributed by atoms with E-state index in [1.165, 1.54) is 4.31 Å². The molecule has 1 fully saturated rings. The van der Waals surface area contributed by atoms with E-state index in [0.717, 1.165) is 12.8 Å². The molecule has 1 atom stereocenters. The average Bonchev–Trinajstić information content (AvgIpc) is 2.85. The summed E-state index contributed by atoms with van der Waals surface area (Å²) in [6, 6.07) is 0. The zero-order chi connectivity index (χ0) is 15.2. The van der Waals surface area contributed by atoms with Gasteiger partial charge in [-0.1, -0.05) is 19.0 Å². The molecule has 0 aromatic heterocycles. The van der Waals surface area contributed by atoms with Crippen molar-refractivity contribution < 1.29 is 18.4 Å². The van der Waals surface area contributed by atoms with Gasteiger partial charge in [0.05, 0.1) is 11.9 Å². The molecule has 0 aliphatic carbocycles. The lowest BCUT2D eigenvalue weighted by Gasteiger charge is -2.25. The van der Waals surface area contributed by atoms with Gasteiger partial charge in [-0.15, -0.1) is 0 Å². The van der Waals surface area contributed by atoms with Gasteiger partial charge in [0, 0.05) is 26.1 Å². The van der Waals surface area contributed by atoms with Crippen molar-refractivity contribution in [2.45, 2.75) is 39.2 Å². The zero-order valence-corrected chi connectivity index (χ0v) is 13.0. The summed E-state index contributed by atoms with van der Waals surface area (Å²) in [7, 11) is -3.39. The Hall–Kier alpha value is -0.860. The smallest absolute Gasteiger partial charge is 0.216 e. The highest BCUT2D eigenvalue weighted by Gasteiger charge is 2.29. The maximum atomic E-state index is 12.4. The van der Waals surface area contributed by atoms with Crippen molar-refractivity contribution in [3.8, 4) is 0 Å². The van der Waals surface area contributed by atoms with Gasteiger partial charge < -0.3 is 15.7 Å². The van der Waals surface area contributed by atoms with E-state index in [2.05, 4.69) is 5.16 Å². The second kappa shape index (κ2) is 7.80. The molecule has 1 unspecified atom stereocenters. The summed E-state index contributed by atoms with van der Waals surface area (Å²) in [5, 5.41) is 11.4. The van der Waals surface area contributed by atoms with Gasteiger partial charge >= 0.3 is 0 Å². The lowest BCUT2D eigenvalue weighted by Crippen LogP contribution is -2.40. The molecule has 1 aliphatic rings. The number of nitrogens with two attached hydrogens (primary N) is 1. The van der Waals surface area contributed by atoms with Crippen LogP contribution < -0.4 is 5.73 Å². The molecule has 1 saturated heterocycles. The maximum Gasteiger partial charge on any atom is 0.216 e. The summed E-state index contributed by atoms with van der Waals surface area (Å²) in [6.45, 7) is 5.20. The Morgan fingerprint density at radius 1 is 1.55 bits per heavy atom. The predicted molar refractivity (Wildman–Crippen MR) is 77.2 cm³/mol. The van der Waals surface area contributed by atoms with Gasteiger partial charge in [0.1, 0.15) is 5.84 Å². The van der Waals surface area contributed by atoms with Gasteiger partial charge in [0.25, 0.3) is 0 Å². The molecule has 0 bridgehead atoms. The number of oxime groups is 1. The fourth-order valence-corrected chi connectivity index (χ4v) is 3.99. The van der Waals surface area contributed by atoms with Crippen molar-refractivity contribution in [1.82, 2.24) is 4.31 Å². The van der Waals surface area contributed by atoms with Crippen LogP contribution in [-0.2, 0) is 14.8 Å². The van der Waals surface area contributed by atoms with Crippen LogP contribution in [0.3, 0.4) is 0 Å². The van der Waals surface area contributed by atoms with E-state index < -0.39 is 10.0 Å². The largest absolute Gasteiger partial charge is 0.409 e. The van der Waals surface area contributed by atoms with Gasteiger partial charge in [-0.3, -0.25) is 0 Å². The molecule has 0 aromatic carbocycles. The summed E-state index contributed by atoms with van der Waals surface area (Å²) >= 11 is 0. The fourth-order valence-electron chi connectivity index (χ4n) is 2.16. The van der Waals surface area contributed by atoms with Crippen LogP contribution in [0.4, 0.5) is 0 Å². The first-order chi connectivity index (χ1) is 9.35. The summed E-state index contributed by atoms with van der Waals surface area (Å²) in [4.78, 5) is 0. The lowest BCUT2D eigenvalue weighted by atomic mass is 10.2. The first-order valence-corrected chi connectivity index (χ1v) is 8.52. The monoisotopic (exact) mass is 307 g/mol. The summed E-state index contributed by atoms with van der Waals surface area (Å²) in [6.07, 6.45) is 1.70. The van der Waals surface area contributed by atoms with E-state index in [1.807, 2.05) is 13.8 Å². The molecule has 7 nitrogen and oxygen atoms in total. The van der Waals surface area contributed by atoms with E-state index in [9.17, 15) is 8.42 Å². The SMILES string of the molecule is CC(C)CN(CCC(N)=NO)S(=O)(=O)CC1CCCO1. The number of nitrogens with zero attached hydrogens (tertiary/aromatic N) is 2. The molecule has 0 spiro atoms. The van der Waals surface area contributed by atoms with Crippen LogP contribution >= 0.6 is 0 Å². The molecule has 0 aromatic rings. The minimum Gasteiger partial charge on any atom is -0.409 e. The Morgan fingerprint density at radius 3 is 2.75 bits per heavy atom. The number of rotatable bonds is 8. The van der Waals surface area contributed by atoms with Gasteiger partial charge in [-0.05, 0) is 18.8 Å². The quantitative estimate of drug-likeness (QED) is 0.295.